The molecule has 136 valence electrons. The van der Waals surface area contributed by atoms with Crippen LogP contribution in [0.15, 0.2) is 24.5 Å². The van der Waals surface area contributed by atoms with Gasteiger partial charge < -0.3 is 11.1 Å². The van der Waals surface area contributed by atoms with Gasteiger partial charge in [0, 0.05) is 30.8 Å². The Hall–Kier alpha value is -1.92. The van der Waals surface area contributed by atoms with Gasteiger partial charge in [-0.2, -0.15) is 5.10 Å². The van der Waals surface area contributed by atoms with E-state index >= 15 is 0 Å². The highest BCUT2D eigenvalue weighted by Crippen LogP contribution is 2.31. The smallest absolute Gasteiger partial charge is 0.227 e. The summed E-state index contributed by atoms with van der Waals surface area (Å²) in [4.78, 5) is 17.2. The van der Waals surface area contributed by atoms with Crippen LogP contribution in [0.5, 0.6) is 0 Å². The number of amides is 1. The average Bonchev–Trinajstić information content (AvgIpc) is 2.90. The summed E-state index contributed by atoms with van der Waals surface area (Å²) in [7, 11) is 1.87. The first kappa shape index (κ1) is 19.4. The minimum absolute atomic E-state index is 0. The number of nitrogens with one attached hydrogen (secondary N) is 1. The maximum Gasteiger partial charge on any atom is 0.227 e. The SMILES string of the molecule is CC(C)[C@H]1CCC[C@H](N)c2cc(ccn2)-c2c(cnn2C)NC1=O.Cl. The number of rotatable bonds is 1. The molecule has 3 heterocycles. The molecule has 1 aliphatic rings. The van der Waals surface area contributed by atoms with Gasteiger partial charge in [-0.25, -0.2) is 0 Å². The molecule has 2 aromatic rings. The first-order chi connectivity index (χ1) is 11.5. The summed E-state index contributed by atoms with van der Waals surface area (Å²) in [5.41, 5.74) is 9.78. The molecule has 1 amide bonds. The molecule has 0 aliphatic carbocycles. The zero-order valence-corrected chi connectivity index (χ0v) is 15.7. The van der Waals surface area contributed by atoms with E-state index in [0.29, 0.717) is 0 Å². The molecule has 2 atom stereocenters. The number of aryl methyl sites for hydroxylation is 1. The fourth-order valence-corrected chi connectivity index (χ4v) is 3.37. The number of halogens is 1. The van der Waals surface area contributed by atoms with E-state index in [1.807, 2.05) is 19.2 Å². The van der Waals surface area contributed by atoms with Crippen molar-refractivity contribution in [1.82, 2.24) is 14.8 Å². The maximum absolute atomic E-state index is 12.8. The Bertz CT molecular complexity index is 743. The zero-order valence-electron chi connectivity index (χ0n) is 14.9. The molecule has 0 unspecified atom stereocenters. The van der Waals surface area contributed by atoms with Crippen molar-refractivity contribution in [2.24, 2.45) is 24.6 Å². The van der Waals surface area contributed by atoms with Crippen LogP contribution < -0.4 is 11.1 Å². The van der Waals surface area contributed by atoms with E-state index in [4.69, 9.17) is 5.73 Å². The highest BCUT2D eigenvalue weighted by atomic mass is 35.5. The van der Waals surface area contributed by atoms with Gasteiger partial charge in [0.15, 0.2) is 0 Å². The molecule has 7 heteroatoms. The van der Waals surface area contributed by atoms with E-state index in [9.17, 15) is 4.79 Å². The molecule has 0 saturated carbocycles. The van der Waals surface area contributed by atoms with E-state index in [0.717, 1.165) is 41.9 Å². The quantitative estimate of drug-likeness (QED) is 0.813. The summed E-state index contributed by atoms with van der Waals surface area (Å²) in [5, 5.41) is 7.39. The number of carbonyl (C=O) groups excluding carboxylic acids is 1. The fourth-order valence-electron chi connectivity index (χ4n) is 3.37. The van der Waals surface area contributed by atoms with Crippen LogP contribution in [0.25, 0.3) is 11.3 Å². The van der Waals surface area contributed by atoms with Gasteiger partial charge in [-0.3, -0.25) is 14.5 Å². The Morgan fingerprint density at radius 2 is 2.12 bits per heavy atom. The summed E-state index contributed by atoms with van der Waals surface area (Å²) < 4.78 is 1.77. The number of hydrogen-bond donors (Lipinski definition) is 2. The summed E-state index contributed by atoms with van der Waals surface area (Å²) in [6, 6.07) is 3.81. The minimum Gasteiger partial charge on any atom is -0.323 e. The Kier molecular flexibility index (Phi) is 6.19. The minimum atomic E-state index is -0.114. The predicted molar refractivity (Wildman–Crippen MR) is 101 cm³/mol. The highest BCUT2D eigenvalue weighted by molar-refractivity contribution is 5.96. The Labute approximate surface area is 154 Å². The molecule has 0 radical (unpaired) electrons. The Morgan fingerprint density at radius 3 is 2.84 bits per heavy atom. The van der Waals surface area contributed by atoms with Crippen molar-refractivity contribution >= 4 is 24.0 Å². The van der Waals surface area contributed by atoms with Crippen LogP contribution in [0.3, 0.4) is 0 Å². The van der Waals surface area contributed by atoms with Crippen molar-refractivity contribution in [3.8, 4) is 11.3 Å². The van der Waals surface area contributed by atoms with Gasteiger partial charge in [0.2, 0.25) is 5.91 Å². The molecule has 0 aromatic carbocycles. The van der Waals surface area contributed by atoms with Crippen molar-refractivity contribution in [2.75, 3.05) is 5.32 Å². The van der Waals surface area contributed by atoms with Crippen LogP contribution in [-0.2, 0) is 11.8 Å². The Balaban J connectivity index is 0.00000225. The van der Waals surface area contributed by atoms with Crippen LogP contribution in [0.2, 0.25) is 0 Å². The van der Waals surface area contributed by atoms with E-state index in [-0.39, 0.29) is 36.2 Å². The topological polar surface area (TPSA) is 85.8 Å². The molecule has 0 saturated heterocycles. The van der Waals surface area contributed by atoms with Gasteiger partial charge >= 0.3 is 0 Å². The lowest BCUT2D eigenvalue weighted by Crippen LogP contribution is -2.27. The summed E-state index contributed by atoms with van der Waals surface area (Å²) in [6.45, 7) is 4.18. The molecular formula is C18H26ClN5O. The summed E-state index contributed by atoms with van der Waals surface area (Å²) in [6.07, 6.45) is 6.03. The molecule has 0 spiro atoms. The van der Waals surface area contributed by atoms with Gasteiger partial charge in [-0.15, -0.1) is 12.4 Å². The van der Waals surface area contributed by atoms with Crippen molar-refractivity contribution in [2.45, 2.75) is 39.2 Å². The van der Waals surface area contributed by atoms with Crippen LogP contribution >= 0.6 is 12.4 Å². The van der Waals surface area contributed by atoms with Gasteiger partial charge in [0.1, 0.15) is 0 Å². The van der Waals surface area contributed by atoms with Crippen molar-refractivity contribution in [1.29, 1.82) is 0 Å². The number of pyridine rings is 1. The van der Waals surface area contributed by atoms with Crippen LogP contribution in [0, 0.1) is 11.8 Å². The third-order valence-corrected chi connectivity index (χ3v) is 4.80. The second-order valence-electron chi connectivity index (χ2n) is 6.88. The third kappa shape index (κ3) is 4.02. The van der Waals surface area contributed by atoms with E-state index < -0.39 is 0 Å². The summed E-state index contributed by atoms with van der Waals surface area (Å²) >= 11 is 0. The average molecular weight is 364 g/mol. The van der Waals surface area contributed by atoms with E-state index in [2.05, 4.69) is 29.2 Å². The number of fused-ring (bicyclic) bond motifs is 4. The maximum atomic E-state index is 12.8. The van der Waals surface area contributed by atoms with Gasteiger partial charge in [0.25, 0.3) is 0 Å². The number of nitrogens with two attached hydrogens (primary N) is 1. The lowest BCUT2D eigenvalue weighted by molar-refractivity contribution is -0.121. The van der Waals surface area contributed by atoms with Gasteiger partial charge in [-0.1, -0.05) is 20.3 Å². The molecular weight excluding hydrogens is 338 g/mol. The third-order valence-electron chi connectivity index (χ3n) is 4.80. The van der Waals surface area contributed by atoms with Crippen molar-refractivity contribution in [3.05, 3.63) is 30.2 Å². The summed E-state index contributed by atoms with van der Waals surface area (Å²) in [5.74, 6) is 0.305. The number of aromatic nitrogens is 3. The van der Waals surface area contributed by atoms with Crippen molar-refractivity contribution < 1.29 is 4.79 Å². The monoisotopic (exact) mass is 363 g/mol. The normalized spacial score (nSPS) is 20.8. The molecule has 1 aliphatic heterocycles. The molecule has 3 N–H and O–H groups in total. The van der Waals surface area contributed by atoms with Gasteiger partial charge in [0.05, 0.1) is 23.3 Å². The molecule has 6 nitrogen and oxygen atoms in total. The highest BCUT2D eigenvalue weighted by Gasteiger charge is 2.25. The zero-order chi connectivity index (χ0) is 17.3. The first-order valence-corrected chi connectivity index (χ1v) is 8.52. The lowest BCUT2D eigenvalue weighted by atomic mass is 9.88. The predicted octanol–water partition coefficient (Wildman–Crippen LogP) is 3.30. The molecule has 2 bridgehead atoms. The second kappa shape index (κ2) is 7.97. The first-order valence-electron chi connectivity index (χ1n) is 8.52. The lowest BCUT2D eigenvalue weighted by Gasteiger charge is -2.22. The second-order valence-corrected chi connectivity index (χ2v) is 6.88. The molecule has 2 aromatic heterocycles. The van der Waals surface area contributed by atoms with Gasteiger partial charge in [-0.05, 0) is 30.9 Å². The largest absolute Gasteiger partial charge is 0.323 e. The Morgan fingerprint density at radius 1 is 1.36 bits per heavy atom. The fraction of sp³-hybridized carbons (Fsp3) is 0.500. The standard InChI is InChI=1S/C18H25N5O.ClH/c1-11(2)13-5-4-6-14(19)15-9-12(7-8-20-15)17-16(22-18(13)24)10-21-23(17)3;/h7-11,13-14H,4-6,19H2,1-3H3,(H,22,24);1H/t13-,14+;/m1./s1. The van der Waals surface area contributed by atoms with Crippen LogP contribution in [-0.4, -0.2) is 20.7 Å². The molecule has 25 heavy (non-hydrogen) atoms. The van der Waals surface area contributed by atoms with E-state index in [1.165, 1.54) is 0 Å². The van der Waals surface area contributed by atoms with E-state index in [1.54, 1.807) is 17.1 Å². The molecule has 0 fully saturated rings. The van der Waals surface area contributed by atoms with Crippen LogP contribution in [0.4, 0.5) is 5.69 Å². The number of anilines is 1. The number of carbonyl (C=O) groups is 1. The number of nitrogens with zero attached hydrogens (tertiary/aromatic N) is 3. The van der Waals surface area contributed by atoms with Crippen molar-refractivity contribution in [3.63, 3.8) is 0 Å². The number of hydrogen-bond acceptors (Lipinski definition) is 4. The van der Waals surface area contributed by atoms with Crippen LogP contribution in [0.1, 0.15) is 44.8 Å². The molecule has 3 rings (SSSR count).